The molecule has 0 spiro atoms. The first-order valence-electron chi connectivity index (χ1n) is 8.16. The Morgan fingerprint density at radius 1 is 0.923 bits per heavy atom. The van der Waals surface area contributed by atoms with E-state index >= 15 is 0 Å². The van der Waals surface area contributed by atoms with Gasteiger partial charge in [0.1, 0.15) is 0 Å². The van der Waals surface area contributed by atoms with E-state index in [9.17, 15) is 14.4 Å². The van der Waals surface area contributed by atoms with Crippen molar-refractivity contribution in [2.24, 2.45) is 0 Å². The molecule has 26 heavy (non-hydrogen) atoms. The maximum Gasteiger partial charge on any atom is 0.338 e. The lowest BCUT2D eigenvalue weighted by molar-refractivity contribution is -0.125. The zero-order valence-electron chi connectivity index (χ0n) is 13.9. The minimum atomic E-state index is -0.637. The van der Waals surface area contributed by atoms with Gasteiger partial charge in [0, 0.05) is 10.6 Å². The molecule has 0 unspecified atom stereocenters. The first-order chi connectivity index (χ1) is 12.5. The standard InChI is InChI=1S/C19H17ClN2O4/c20-16-8-6-13(7-9-16)18(24)22-21-17(23)11-26-19(25)15-5-4-12-2-1-3-14(12)10-15/h4-10H,1-3,11H2,(H,21,23)(H,22,24). The van der Waals surface area contributed by atoms with E-state index in [0.29, 0.717) is 16.1 Å². The number of fused-ring (bicyclic) bond motifs is 1. The van der Waals surface area contributed by atoms with Crippen molar-refractivity contribution in [1.82, 2.24) is 10.9 Å². The fourth-order valence-corrected chi connectivity index (χ4v) is 2.88. The first-order valence-corrected chi connectivity index (χ1v) is 8.54. The van der Waals surface area contributed by atoms with Crippen LogP contribution in [0.5, 0.6) is 0 Å². The average Bonchev–Trinajstić information content (AvgIpc) is 3.12. The van der Waals surface area contributed by atoms with Crippen LogP contribution in [-0.4, -0.2) is 24.4 Å². The zero-order valence-corrected chi connectivity index (χ0v) is 14.6. The van der Waals surface area contributed by atoms with E-state index in [-0.39, 0.29) is 0 Å². The van der Waals surface area contributed by atoms with Crippen LogP contribution < -0.4 is 10.9 Å². The van der Waals surface area contributed by atoms with Gasteiger partial charge in [-0.05, 0) is 66.8 Å². The van der Waals surface area contributed by atoms with E-state index in [2.05, 4.69) is 10.9 Å². The van der Waals surface area contributed by atoms with Crippen molar-refractivity contribution in [1.29, 1.82) is 0 Å². The number of amides is 2. The number of carbonyl (C=O) groups is 3. The predicted molar refractivity (Wildman–Crippen MR) is 95.8 cm³/mol. The molecule has 6 nitrogen and oxygen atoms in total. The Balaban J connectivity index is 1.45. The maximum absolute atomic E-state index is 12.0. The molecule has 2 aromatic carbocycles. The van der Waals surface area contributed by atoms with Crippen LogP contribution in [0.4, 0.5) is 0 Å². The van der Waals surface area contributed by atoms with Crippen molar-refractivity contribution in [2.75, 3.05) is 6.61 Å². The van der Waals surface area contributed by atoms with Crippen LogP contribution in [0.25, 0.3) is 0 Å². The first kappa shape index (κ1) is 17.9. The SMILES string of the molecule is O=C(COC(=O)c1ccc2c(c1)CCC2)NNC(=O)c1ccc(Cl)cc1. The van der Waals surface area contributed by atoms with E-state index in [1.54, 1.807) is 18.2 Å². The average molecular weight is 373 g/mol. The molecule has 0 aliphatic heterocycles. The van der Waals surface area contributed by atoms with Gasteiger partial charge in [0.2, 0.25) is 0 Å². The fourth-order valence-electron chi connectivity index (χ4n) is 2.75. The predicted octanol–water partition coefficient (Wildman–Crippen LogP) is 2.45. The maximum atomic E-state index is 12.0. The number of benzene rings is 2. The molecular formula is C19H17ClN2O4. The number of hydrazine groups is 1. The second-order valence-corrected chi connectivity index (χ2v) is 6.36. The highest BCUT2D eigenvalue weighted by Crippen LogP contribution is 2.23. The fraction of sp³-hybridized carbons (Fsp3) is 0.211. The molecule has 0 aromatic heterocycles. The molecule has 0 radical (unpaired) electrons. The Morgan fingerprint density at radius 2 is 1.62 bits per heavy atom. The largest absolute Gasteiger partial charge is 0.452 e. The van der Waals surface area contributed by atoms with Crippen LogP contribution in [0, 0.1) is 0 Å². The minimum Gasteiger partial charge on any atom is -0.452 e. The highest BCUT2D eigenvalue weighted by Gasteiger charge is 2.16. The highest BCUT2D eigenvalue weighted by atomic mass is 35.5. The van der Waals surface area contributed by atoms with Gasteiger partial charge in [-0.25, -0.2) is 4.79 Å². The molecule has 1 aliphatic rings. The van der Waals surface area contributed by atoms with Crippen LogP contribution in [-0.2, 0) is 22.4 Å². The third-order valence-electron chi connectivity index (χ3n) is 4.09. The quantitative estimate of drug-likeness (QED) is 0.637. The number of halogens is 1. The minimum absolute atomic E-state index is 0.338. The van der Waals surface area contributed by atoms with Crippen molar-refractivity contribution in [2.45, 2.75) is 19.3 Å². The lowest BCUT2D eigenvalue weighted by Gasteiger charge is -2.09. The van der Waals surface area contributed by atoms with Crippen LogP contribution in [0.1, 0.15) is 38.3 Å². The van der Waals surface area contributed by atoms with Crippen LogP contribution in [0.3, 0.4) is 0 Å². The molecule has 2 amide bonds. The molecule has 7 heteroatoms. The van der Waals surface area contributed by atoms with Gasteiger partial charge >= 0.3 is 5.97 Å². The van der Waals surface area contributed by atoms with Crippen molar-refractivity contribution in [3.05, 3.63) is 69.7 Å². The summed E-state index contributed by atoms with van der Waals surface area (Å²) < 4.78 is 4.98. The van der Waals surface area contributed by atoms with Gasteiger partial charge < -0.3 is 4.74 Å². The number of ether oxygens (including phenoxy) is 1. The van der Waals surface area contributed by atoms with E-state index in [0.717, 1.165) is 24.8 Å². The lowest BCUT2D eigenvalue weighted by Crippen LogP contribution is -2.43. The van der Waals surface area contributed by atoms with Gasteiger partial charge in [0.05, 0.1) is 5.56 Å². The molecule has 0 bridgehead atoms. The highest BCUT2D eigenvalue weighted by molar-refractivity contribution is 6.30. The summed E-state index contributed by atoms with van der Waals surface area (Å²) in [5, 5.41) is 0.504. The normalized spacial score (nSPS) is 12.2. The van der Waals surface area contributed by atoms with E-state index < -0.39 is 24.4 Å². The summed E-state index contributed by atoms with van der Waals surface area (Å²) in [4.78, 5) is 35.6. The molecule has 0 fully saturated rings. The number of rotatable bonds is 4. The molecule has 3 rings (SSSR count). The monoisotopic (exact) mass is 372 g/mol. The number of hydrogen-bond acceptors (Lipinski definition) is 4. The van der Waals surface area contributed by atoms with E-state index in [1.807, 2.05) is 12.1 Å². The molecular weight excluding hydrogens is 356 g/mol. The summed E-state index contributed by atoms with van der Waals surface area (Å²) in [5.41, 5.74) is 7.60. The summed E-state index contributed by atoms with van der Waals surface area (Å²) in [7, 11) is 0. The van der Waals surface area contributed by atoms with Gasteiger partial charge in [0.15, 0.2) is 6.61 Å². The molecule has 1 aliphatic carbocycles. The Labute approximate surface area is 155 Å². The summed E-state index contributed by atoms with van der Waals surface area (Å²) in [6.07, 6.45) is 3.07. The summed E-state index contributed by atoms with van der Waals surface area (Å²) in [5.74, 6) is -1.71. The van der Waals surface area contributed by atoms with Gasteiger partial charge in [-0.1, -0.05) is 17.7 Å². The van der Waals surface area contributed by atoms with Crippen molar-refractivity contribution in [3.8, 4) is 0 Å². The van der Waals surface area contributed by atoms with Crippen LogP contribution in [0.15, 0.2) is 42.5 Å². The number of hydrogen-bond donors (Lipinski definition) is 2. The second-order valence-electron chi connectivity index (χ2n) is 5.92. The summed E-state index contributed by atoms with van der Waals surface area (Å²) >= 11 is 5.75. The lowest BCUT2D eigenvalue weighted by atomic mass is 10.1. The Bertz CT molecular complexity index is 849. The Morgan fingerprint density at radius 3 is 2.38 bits per heavy atom. The van der Waals surface area contributed by atoms with Gasteiger partial charge in [0.25, 0.3) is 11.8 Å². The van der Waals surface area contributed by atoms with Crippen molar-refractivity contribution < 1.29 is 19.1 Å². The molecule has 2 aromatic rings. The summed E-state index contributed by atoms with van der Waals surface area (Å²) in [6.45, 7) is -0.489. The Hall–Kier alpha value is -2.86. The third kappa shape index (κ3) is 4.40. The van der Waals surface area contributed by atoms with Gasteiger partial charge in [-0.2, -0.15) is 0 Å². The van der Waals surface area contributed by atoms with Crippen molar-refractivity contribution >= 4 is 29.4 Å². The molecule has 0 saturated carbocycles. The van der Waals surface area contributed by atoms with Gasteiger partial charge in [-0.3, -0.25) is 20.4 Å². The molecule has 0 saturated heterocycles. The van der Waals surface area contributed by atoms with E-state index in [1.165, 1.54) is 17.7 Å². The van der Waals surface area contributed by atoms with Crippen LogP contribution in [0.2, 0.25) is 5.02 Å². The van der Waals surface area contributed by atoms with Crippen molar-refractivity contribution in [3.63, 3.8) is 0 Å². The molecule has 0 atom stereocenters. The Kier molecular flexibility index (Phi) is 5.53. The second kappa shape index (κ2) is 8.01. The number of nitrogens with one attached hydrogen (secondary N) is 2. The zero-order chi connectivity index (χ0) is 18.5. The molecule has 2 N–H and O–H groups in total. The summed E-state index contributed by atoms with van der Waals surface area (Å²) in [6, 6.07) is 11.6. The number of carbonyl (C=O) groups excluding carboxylic acids is 3. The van der Waals surface area contributed by atoms with E-state index in [4.69, 9.17) is 16.3 Å². The number of esters is 1. The molecule has 134 valence electrons. The molecule has 0 heterocycles. The van der Waals surface area contributed by atoms with Gasteiger partial charge in [-0.15, -0.1) is 0 Å². The third-order valence-corrected chi connectivity index (χ3v) is 4.34. The smallest absolute Gasteiger partial charge is 0.338 e. The topological polar surface area (TPSA) is 84.5 Å². The van der Waals surface area contributed by atoms with Crippen LogP contribution >= 0.6 is 11.6 Å². The number of aryl methyl sites for hydroxylation is 2.